The standard InChI is InChI=1S/C6H9N3O2/c1-2-11-6(10)5(9-8)3-4-7/h2-3,8H2,1H3/b9-5+. The lowest BCUT2D eigenvalue weighted by molar-refractivity contribution is -0.135. The summed E-state index contributed by atoms with van der Waals surface area (Å²) in [5.41, 5.74) is -0.0469. The van der Waals surface area contributed by atoms with Gasteiger partial charge in [-0.1, -0.05) is 0 Å². The molecule has 0 atom stereocenters. The number of hydrogen-bond donors (Lipinski definition) is 1. The highest BCUT2D eigenvalue weighted by Gasteiger charge is 2.10. The summed E-state index contributed by atoms with van der Waals surface area (Å²) in [6.07, 6.45) is -0.116. The molecule has 0 bridgehead atoms. The molecule has 60 valence electrons. The Labute approximate surface area is 64.4 Å². The summed E-state index contributed by atoms with van der Waals surface area (Å²) in [7, 11) is 0. The van der Waals surface area contributed by atoms with Gasteiger partial charge in [-0.05, 0) is 6.92 Å². The summed E-state index contributed by atoms with van der Waals surface area (Å²) >= 11 is 0. The fourth-order valence-corrected chi connectivity index (χ4v) is 0.460. The van der Waals surface area contributed by atoms with Crippen LogP contribution in [0, 0.1) is 11.3 Å². The van der Waals surface area contributed by atoms with Crippen LogP contribution in [-0.2, 0) is 9.53 Å². The average Bonchev–Trinajstić information content (AvgIpc) is 2.00. The third-order valence-electron chi connectivity index (χ3n) is 0.913. The number of carbonyl (C=O) groups is 1. The van der Waals surface area contributed by atoms with Crippen molar-refractivity contribution in [3.63, 3.8) is 0 Å². The Morgan fingerprint density at radius 2 is 2.45 bits per heavy atom. The summed E-state index contributed by atoms with van der Waals surface area (Å²) in [4.78, 5) is 10.8. The summed E-state index contributed by atoms with van der Waals surface area (Å²) in [6, 6.07) is 1.75. The Bertz CT molecular complexity index is 204. The van der Waals surface area contributed by atoms with Crippen LogP contribution in [0.25, 0.3) is 0 Å². The minimum atomic E-state index is -0.628. The van der Waals surface area contributed by atoms with E-state index in [0.29, 0.717) is 0 Å². The van der Waals surface area contributed by atoms with Crippen LogP contribution in [0.5, 0.6) is 0 Å². The van der Waals surface area contributed by atoms with Crippen LogP contribution in [0.4, 0.5) is 0 Å². The Hall–Kier alpha value is -1.57. The summed E-state index contributed by atoms with van der Waals surface area (Å²) in [6.45, 7) is 1.92. The van der Waals surface area contributed by atoms with Gasteiger partial charge in [0.1, 0.15) is 0 Å². The Balaban J connectivity index is 4.07. The van der Waals surface area contributed by atoms with Crippen molar-refractivity contribution >= 4 is 11.7 Å². The van der Waals surface area contributed by atoms with Gasteiger partial charge in [0.25, 0.3) is 0 Å². The van der Waals surface area contributed by atoms with Crippen molar-refractivity contribution in [2.24, 2.45) is 10.9 Å². The molecule has 0 radical (unpaired) electrons. The highest BCUT2D eigenvalue weighted by atomic mass is 16.5. The molecule has 0 saturated heterocycles. The predicted molar refractivity (Wildman–Crippen MR) is 38.5 cm³/mol. The van der Waals surface area contributed by atoms with E-state index in [0.717, 1.165) is 0 Å². The number of carbonyl (C=O) groups excluding carboxylic acids is 1. The van der Waals surface area contributed by atoms with Crippen molar-refractivity contribution in [2.75, 3.05) is 6.61 Å². The lowest BCUT2D eigenvalue weighted by atomic mass is 10.3. The first-order valence-electron chi connectivity index (χ1n) is 3.07. The van der Waals surface area contributed by atoms with E-state index in [-0.39, 0.29) is 18.7 Å². The molecule has 0 aliphatic carbocycles. The fourth-order valence-electron chi connectivity index (χ4n) is 0.460. The number of esters is 1. The van der Waals surface area contributed by atoms with Gasteiger partial charge in [0.05, 0.1) is 19.1 Å². The lowest BCUT2D eigenvalue weighted by Gasteiger charge is -1.99. The van der Waals surface area contributed by atoms with Crippen molar-refractivity contribution < 1.29 is 9.53 Å². The van der Waals surface area contributed by atoms with Crippen molar-refractivity contribution in [2.45, 2.75) is 13.3 Å². The average molecular weight is 155 g/mol. The molecule has 0 aromatic carbocycles. The minimum Gasteiger partial charge on any atom is -0.461 e. The third-order valence-corrected chi connectivity index (χ3v) is 0.913. The van der Waals surface area contributed by atoms with Gasteiger partial charge in [-0.15, -0.1) is 0 Å². The van der Waals surface area contributed by atoms with E-state index in [9.17, 15) is 4.79 Å². The van der Waals surface area contributed by atoms with Gasteiger partial charge in [0.2, 0.25) is 0 Å². The van der Waals surface area contributed by atoms with E-state index in [4.69, 9.17) is 11.1 Å². The maximum atomic E-state index is 10.8. The molecule has 0 saturated carbocycles. The molecule has 0 aromatic rings. The molecular weight excluding hydrogens is 146 g/mol. The first-order valence-corrected chi connectivity index (χ1v) is 3.07. The Morgan fingerprint density at radius 1 is 1.82 bits per heavy atom. The Morgan fingerprint density at radius 3 is 2.82 bits per heavy atom. The van der Waals surface area contributed by atoms with Crippen LogP contribution in [0.1, 0.15) is 13.3 Å². The second-order valence-corrected chi connectivity index (χ2v) is 1.63. The molecule has 11 heavy (non-hydrogen) atoms. The van der Waals surface area contributed by atoms with Gasteiger partial charge < -0.3 is 10.6 Å². The molecule has 5 heteroatoms. The van der Waals surface area contributed by atoms with Crippen LogP contribution >= 0.6 is 0 Å². The number of hydrogen-bond acceptors (Lipinski definition) is 5. The maximum Gasteiger partial charge on any atom is 0.355 e. The second-order valence-electron chi connectivity index (χ2n) is 1.63. The number of rotatable bonds is 3. The summed E-state index contributed by atoms with van der Waals surface area (Å²) < 4.78 is 4.55. The number of nitrogens with two attached hydrogens (primary N) is 1. The molecular formula is C6H9N3O2. The van der Waals surface area contributed by atoms with E-state index >= 15 is 0 Å². The Kier molecular flexibility index (Phi) is 4.49. The largest absolute Gasteiger partial charge is 0.461 e. The van der Waals surface area contributed by atoms with Crippen LogP contribution in [-0.4, -0.2) is 18.3 Å². The molecule has 0 unspecified atom stereocenters. The molecule has 0 rings (SSSR count). The van der Waals surface area contributed by atoms with Gasteiger partial charge in [0.15, 0.2) is 5.71 Å². The molecule has 0 aromatic heterocycles. The van der Waals surface area contributed by atoms with E-state index < -0.39 is 5.97 Å². The monoisotopic (exact) mass is 155 g/mol. The van der Waals surface area contributed by atoms with Gasteiger partial charge in [-0.2, -0.15) is 10.4 Å². The van der Waals surface area contributed by atoms with Crippen LogP contribution in [0.2, 0.25) is 0 Å². The topological polar surface area (TPSA) is 88.5 Å². The van der Waals surface area contributed by atoms with Gasteiger partial charge in [-0.25, -0.2) is 4.79 Å². The normalized spacial score (nSPS) is 10.4. The second kappa shape index (κ2) is 5.23. The van der Waals surface area contributed by atoms with Gasteiger partial charge in [0, 0.05) is 0 Å². The highest BCUT2D eigenvalue weighted by Crippen LogP contribution is 1.88. The number of nitriles is 1. The van der Waals surface area contributed by atoms with Crippen molar-refractivity contribution in [3.05, 3.63) is 0 Å². The minimum absolute atomic E-state index is 0.0469. The molecule has 5 nitrogen and oxygen atoms in total. The zero-order valence-electron chi connectivity index (χ0n) is 6.20. The third kappa shape index (κ3) is 3.20. The molecule has 2 N–H and O–H groups in total. The summed E-state index contributed by atoms with van der Waals surface area (Å²) in [5.74, 6) is 4.20. The molecule has 0 fully saturated rings. The van der Waals surface area contributed by atoms with Crippen LogP contribution in [0.3, 0.4) is 0 Å². The van der Waals surface area contributed by atoms with Crippen LogP contribution in [0.15, 0.2) is 5.10 Å². The summed E-state index contributed by atoms with van der Waals surface area (Å²) in [5, 5.41) is 11.3. The number of ether oxygens (including phenoxy) is 1. The quantitative estimate of drug-likeness (QED) is 0.264. The van der Waals surface area contributed by atoms with E-state index in [1.165, 1.54) is 0 Å². The van der Waals surface area contributed by atoms with Gasteiger partial charge >= 0.3 is 5.97 Å². The maximum absolute atomic E-state index is 10.8. The SMILES string of the molecule is CCOC(=O)/C(CC#N)=N/N. The van der Waals surface area contributed by atoms with E-state index in [2.05, 4.69) is 9.84 Å². The van der Waals surface area contributed by atoms with Gasteiger partial charge in [-0.3, -0.25) is 0 Å². The van der Waals surface area contributed by atoms with E-state index in [1.807, 2.05) is 0 Å². The van der Waals surface area contributed by atoms with Crippen LogP contribution < -0.4 is 5.84 Å². The predicted octanol–water partition coefficient (Wildman–Crippen LogP) is -0.222. The number of nitrogens with zero attached hydrogens (tertiary/aromatic N) is 2. The first-order chi connectivity index (χ1) is 5.26. The first kappa shape index (κ1) is 9.43. The molecule has 0 aliphatic heterocycles. The van der Waals surface area contributed by atoms with Crippen molar-refractivity contribution in [3.8, 4) is 6.07 Å². The van der Waals surface area contributed by atoms with Crippen molar-refractivity contribution in [1.29, 1.82) is 5.26 Å². The number of hydrazone groups is 1. The molecule has 0 amide bonds. The lowest BCUT2D eigenvalue weighted by Crippen LogP contribution is -2.18. The zero-order valence-corrected chi connectivity index (χ0v) is 6.20. The smallest absolute Gasteiger partial charge is 0.355 e. The zero-order chi connectivity index (χ0) is 8.69. The fraction of sp³-hybridized carbons (Fsp3) is 0.500. The molecule has 0 spiro atoms. The highest BCUT2D eigenvalue weighted by molar-refractivity contribution is 6.36. The molecule has 0 heterocycles. The van der Waals surface area contributed by atoms with E-state index in [1.54, 1.807) is 13.0 Å². The van der Waals surface area contributed by atoms with Crippen molar-refractivity contribution in [1.82, 2.24) is 0 Å². The molecule has 0 aliphatic rings.